The van der Waals surface area contributed by atoms with Crippen LogP contribution in [0.25, 0.3) is 6.08 Å². The van der Waals surface area contributed by atoms with Crippen molar-refractivity contribution in [2.24, 2.45) is 5.92 Å². The van der Waals surface area contributed by atoms with Crippen LogP contribution in [0.4, 0.5) is 0 Å². The Bertz CT molecular complexity index is 434. The standard InChI is InChI=1S/C12H11NO/c14-12-11-6-9-4-2-1-3-8(9)5-10(11)7-13-12/h1-5,11H,6-7H2,(H,13,14). The Hall–Kier alpha value is -1.57. The molecule has 14 heavy (non-hydrogen) atoms. The minimum Gasteiger partial charge on any atom is -0.352 e. The molecule has 1 fully saturated rings. The molecular formula is C12H11NO. The van der Waals surface area contributed by atoms with Crippen molar-refractivity contribution >= 4 is 12.0 Å². The van der Waals surface area contributed by atoms with Gasteiger partial charge in [0, 0.05) is 6.54 Å². The number of benzene rings is 1. The van der Waals surface area contributed by atoms with E-state index in [0.717, 1.165) is 13.0 Å². The van der Waals surface area contributed by atoms with Crippen molar-refractivity contribution in [2.45, 2.75) is 6.42 Å². The predicted octanol–water partition coefficient (Wildman–Crippen LogP) is 1.37. The summed E-state index contributed by atoms with van der Waals surface area (Å²) in [5, 5.41) is 2.89. The van der Waals surface area contributed by atoms with Gasteiger partial charge in [-0.2, -0.15) is 0 Å². The first-order chi connectivity index (χ1) is 6.84. The maximum atomic E-state index is 11.5. The predicted molar refractivity (Wildman–Crippen MR) is 54.6 cm³/mol. The lowest BCUT2D eigenvalue weighted by atomic mass is 9.85. The number of carbonyl (C=O) groups excluding carboxylic acids is 1. The topological polar surface area (TPSA) is 29.1 Å². The van der Waals surface area contributed by atoms with Gasteiger partial charge in [0.2, 0.25) is 5.91 Å². The summed E-state index contributed by atoms with van der Waals surface area (Å²) in [7, 11) is 0. The average molecular weight is 185 g/mol. The van der Waals surface area contributed by atoms with Crippen molar-refractivity contribution in [3.8, 4) is 0 Å². The highest BCUT2D eigenvalue weighted by molar-refractivity contribution is 5.88. The normalized spacial score (nSPS) is 23.6. The van der Waals surface area contributed by atoms with Gasteiger partial charge in [-0.25, -0.2) is 0 Å². The monoisotopic (exact) mass is 185 g/mol. The average Bonchev–Trinajstić information content (AvgIpc) is 2.57. The van der Waals surface area contributed by atoms with Crippen LogP contribution in [0.2, 0.25) is 0 Å². The molecule has 3 rings (SSSR count). The molecule has 1 saturated heterocycles. The molecule has 1 heterocycles. The fraction of sp³-hybridized carbons (Fsp3) is 0.250. The maximum absolute atomic E-state index is 11.5. The lowest BCUT2D eigenvalue weighted by Crippen LogP contribution is -2.21. The molecule has 1 unspecified atom stereocenters. The number of rotatable bonds is 0. The molecule has 2 aliphatic rings. The van der Waals surface area contributed by atoms with Crippen LogP contribution in [-0.2, 0) is 11.2 Å². The van der Waals surface area contributed by atoms with Gasteiger partial charge < -0.3 is 5.32 Å². The number of amides is 1. The van der Waals surface area contributed by atoms with Crippen molar-refractivity contribution in [1.82, 2.24) is 5.32 Å². The first-order valence-electron chi connectivity index (χ1n) is 4.91. The summed E-state index contributed by atoms with van der Waals surface area (Å²) in [6.45, 7) is 0.734. The van der Waals surface area contributed by atoms with Gasteiger partial charge in [-0.15, -0.1) is 0 Å². The molecule has 1 aromatic rings. The zero-order valence-corrected chi connectivity index (χ0v) is 7.79. The van der Waals surface area contributed by atoms with Crippen LogP contribution in [0.15, 0.2) is 29.8 Å². The van der Waals surface area contributed by atoms with E-state index in [2.05, 4.69) is 23.5 Å². The lowest BCUT2D eigenvalue weighted by molar-refractivity contribution is -0.121. The van der Waals surface area contributed by atoms with Crippen LogP contribution < -0.4 is 5.32 Å². The molecule has 0 radical (unpaired) electrons. The molecule has 0 spiro atoms. The van der Waals surface area contributed by atoms with Crippen molar-refractivity contribution in [2.75, 3.05) is 6.54 Å². The van der Waals surface area contributed by atoms with Gasteiger partial charge in [0.1, 0.15) is 0 Å². The highest BCUT2D eigenvalue weighted by Crippen LogP contribution is 2.30. The van der Waals surface area contributed by atoms with Gasteiger partial charge in [-0.1, -0.05) is 30.3 Å². The first-order valence-corrected chi connectivity index (χ1v) is 4.91. The van der Waals surface area contributed by atoms with Gasteiger partial charge in [0.15, 0.2) is 0 Å². The highest BCUT2D eigenvalue weighted by atomic mass is 16.2. The zero-order valence-electron chi connectivity index (χ0n) is 7.79. The number of hydrogen-bond donors (Lipinski definition) is 1. The molecular weight excluding hydrogens is 174 g/mol. The second-order valence-corrected chi connectivity index (χ2v) is 3.89. The molecule has 1 N–H and O–H groups in total. The molecule has 1 amide bonds. The van der Waals surface area contributed by atoms with Crippen LogP contribution in [0.3, 0.4) is 0 Å². The Morgan fingerprint density at radius 1 is 1.29 bits per heavy atom. The van der Waals surface area contributed by atoms with E-state index in [1.54, 1.807) is 0 Å². The van der Waals surface area contributed by atoms with E-state index >= 15 is 0 Å². The molecule has 2 heteroatoms. The molecule has 0 saturated carbocycles. The quantitative estimate of drug-likeness (QED) is 0.650. The highest BCUT2D eigenvalue weighted by Gasteiger charge is 2.32. The number of fused-ring (bicyclic) bond motifs is 2. The lowest BCUT2D eigenvalue weighted by Gasteiger charge is -2.17. The third kappa shape index (κ3) is 1.00. The minimum absolute atomic E-state index is 0.102. The molecule has 70 valence electrons. The SMILES string of the molecule is O=C1NCC2=Cc3ccccc3CC12. The Morgan fingerprint density at radius 3 is 3.07 bits per heavy atom. The molecule has 0 bridgehead atoms. The first kappa shape index (κ1) is 7.80. The largest absolute Gasteiger partial charge is 0.352 e. The van der Waals surface area contributed by atoms with Gasteiger partial charge in [0.05, 0.1) is 5.92 Å². The van der Waals surface area contributed by atoms with Crippen LogP contribution in [-0.4, -0.2) is 12.5 Å². The minimum atomic E-state index is 0.102. The second kappa shape index (κ2) is 2.71. The van der Waals surface area contributed by atoms with Gasteiger partial charge in [-0.05, 0) is 23.1 Å². The van der Waals surface area contributed by atoms with Crippen LogP contribution >= 0.6 is 0 Å². The van der Waals surface area contributed by atoms with Crippen molar-refractivity contribution in [1.29, 1.82) is 0 Å². The van der Waals surface area contributed by atoms with E-state index < -0.39 is 0 Å². The van der Waals surface area contributed by atoms with E-state index in [9.17, 15) is 4.79 Å². The number of carbonyl (C=O) groups is 1. The Kier molecular flexibility index (Phi) is 1.51. The molecule has 2 nitrogen and oxygen atoms in total. The smallest absolute Gasteiger partial charge is 0.227 e. The summed E-state index contributed by atoms with van der Waals surface area (Å²) in [4.78, 5) is 11.5. The van der Waals surface area contributed by atoms with E-state index in [-0.39, 0.29) is 11.8 Å². The fourth-order valence-electron chi connectivity index (χ4n) is 2.26. The van der Waals surface area contributed by atoms with Gasteiger partial charge >= 0.3 is 0 Å². The third-order valence-corrected chi connectivity index (χ3v) is 3.05. The summed E-state index contributed by atoms with van der Waals surface area (Å²) >= 11 is 0. The van der Waals surface area contributed by atoms with E-state index in [4.69, 9.17) is 0 Å². The van der Waals surface area contributed by atoms with E-state index in [1.807, 2.05) is 12.1 Å². The number of hydrogen-bond acceptors (Lipinski definition) is 1. The summed E-state index contributed by atoms with van der Waals surface area (Å²) in [6.07, 6.45) is 3.02. The van der Waals surface area contributed by atoms with Gasteiger partial charge in [0.25, 0.3) is 0 Å². The Balaban J connectivity index is 2.11. The summed E-state index contributed by atoms with van der Waals surface area (Å²) in [5.41, 5.74) is 3.81. The molecule has 1 aliphatic heterocycles. The van der Waals surface area contributed by atoms with Crippen LogP contribution in [0.1, 0.15) is 11.1 Å². The summed E-state index contributed by atoms with van der Waals surface area (Å²) in [6, 6.07) is 8.29. The fourth-order valence-corrected chi connectivity index (χ4v) is 2.26. The third-order valence-electron chi connectivity index (χ3n) is 3.05. The Morgan fingerprint density at radius 2 is 2.14 bits per heavy atom. The maximum Gasteiger partial charge on any atom is 0.227 e. The molecule has 0 aromatic heterocycles. The van der Waals surface area contributed by atoms with Crippen molar-refractivity contribution in [3.63, 3.8) is 0 Å². The molecule has 1 aromatic carbocycles. The zero-order chi connectivity index (χ0) is 9.54. The Labute approximate surface area is 82.6 Å². The molecule has 1 atom stereocenters. The molecule has 1 aliphatic carbocycles. The van der Waals surface area contributed by atoms with Crippen molar-refractivity contribution < 1.29 is 4.79 Å². The summed E-state index contributed by atoms with van der Waals surface area (Å²) in [5.74, 6) is 0.288. The summed E-state index contributed by atoms with van der Waals surface area (Å²) < 4.78 is 0. The van der Waals surface area contributed by atoms with E-state index in [1.165, 1.54) is 16.7 Å². The number of nitrogens with one attached hydrogen (secondary N) is 1. The van der Waals surface area contributed by atoms with Crippen LogP contribution in [0.5, 0.6) is 0 Å². The van der Waals surface area contributed by atoms with Gasteiger partial charge in [-0.3, -0.25) is 4.79 Å². The second-order valence-electron chi connectivity index (χ2n) is 3.89. The van der Waals surface area contributed by atoms with E-state index in [0.29, 0.717) is 0 Å². The van der Waals surface area contributed by atoms with Crippen LogP contribution in [0, 0.1) is 5.92 Å². The van der Waals surface area contributed by atoms with Crippen molar-refractivity contribution in [3.05, 3.63) is 41.0 Å².